The van der Waals surface area contributed by atoms with E-state index in [0.717, 1.165) is 44.6 Å². The molecule has 5 nitrogen and oxygen atoms in total. The maximum absolute atomic E-state index is 11.9. The average molecular weight is 278 g/mol. The van der Waals surface area contributed by atoms with Crippen LogP contribution in [-0.4, -0.2) is 34.6 Å². The van der Waals surface area contributed by atoms with Gasteiger partial charge in [-0.2, -0.15) is 0 Å². The van der Waals surface area contributed by atoms with E-state index in [-0.39, 0.29) is 11.9 Å². The largest absolute Gasteiger partial charge is 0.355 e. The lowest BCUT2D eigenvalue weighted by Crippen LogP contribution is -2.49. The van der Waals surface area contributed by atoms with E-state index in [4.69, 9.17) is 0 Å². The number of likely N-dealkylation sites (N-methyl/N-ethyl adjacent to an activating group) is 1. The smallest absolute Gasteiger partial charge is 0.237 e. The van der Waals surface area contributed by atoms with Crippen LogP contribution in [0.4, 0.5) is 0 Å². The first-order chi connectivity index (χ1) is 9.74. The minimum absolute atomic E-state index is 0.0386. The highest BCUT2D eigenvalue weighted by molar-refractivity contribution is 5.81. The van der Waals surface area contributed by atoms with Crippen molar-refractivity contribution in [2.75, 3.05) is 13.1 Å². The van der Waals surface area contributed by atoms with Gasteiger partial charge in [0, 0.05) is 31.9 Å². The molecule has 2 unspecified atom stereocenters. The van der Waals surface area contributed by atoms with Gasteiger partial charge in [0.2, 0.25) is 5.91 Å². The third-order valence-electron chi connectivity index (χ3n) is 3.92. The van der Waals surface area contributed by atoms with Crippen molar-refractivity contribution in [3.05, 3.63) is 18.2 Å². The molecule has 2 atom stereocenters. The Morgan fingerprint density at radius 2 is 2.40 bits per heavy atom. The van der Waals surface area contributed by atoms with Crippen LogP contribution in [0, 0.1) is 5.92 Å². The molecule has 1 aromatic heterocycles. The monoisotopic (exact) mass is 278 g/mol. The van der Waals surface area contributed by atoms with Crippen molar-refractivity contribution in [3.63, 3.8) is 0 Å². The molecule has 1 aliphatic heterocycles. The number of hydrogen-bond acceptors (Lipinski definition) is 3. The van der Waals surface area contributed by atoms with Gasteiger partial charge in [0.1, 0.15) is 5.82 Å². The van der Waals surface area contributed by atoms with E-state index in [0.29, 0.717) is 12.5 Å². The normalized spacial score (nSPS) is 22.7. The number of nitrogens with zero attached hydrogens (tertiary/aromatic N) is 2. The minimum Gasteiger partial charge on any atom is -0.355 e. The first kappa shape index (κ1) is 15.0. The van der Waals surface area contributed by atoms with Gasteiger partial charge >= 0.3 is 0 Å². The lowest BCUT2D eigenvalue weighted by Gasteiger charge is -2.29. The van der Waals surface area contributed by atoms with Gasteiger partial charge < -0.3 is 15.2 Å². The number of amides is 1. The molecular formula is C15H26N4O. The van der Waals surface area contributed by atoms with E-state index < -0.39 is 0 Å². The van der Waals surface area contributed by atoms with E-state index in [1.165, 1.54) is 0 Å². The minimum atomic E-state index is -0.0386. The second-order valence-electron chi connectivity index (χ2n) is 5.53. The van der Waals surface area contributed by atoms with Crippen molar-refractivity contribution < 1.29 is 4.79 Å². The molecule has 0 radical (unpaired) electrons. The number of nitrogens with one attached hydrogen (secondary N) is 2. The molecule has 1 amide bonds. The zero-order valence-electron chi connectivity index (χ0n) is 12.6. The number of rotatable bonds is 6. The van der Waals surface area contributed by atoms with Crippen molar-refractivity contribution in [1.29, 1.82) is 0 Å². The molecule has 0 bridgehead atoms. The third kappa shape index (κ3) is 3.82. The van der Waals surface area contributed by atoms with Crippen LogP contribution in [0.1, 0.15) is 38.9 Å². The van der Waals surface area contributed by atoms with Crippen LogP contribution in [0.5, 0.6) is 0 Å². The Bertz CT molecular complexity index is 429. The number of aryl methyl sites for hydroxylation is 1. The summed E-state index contributed by atoms with van der Waals surface area (Å²) in [5.74, 6) is 1.84. The van der Waals surface area contributed by atoms with Gasteiger partial charge in [-0.25, -0.2) is 4.98 Å². The first-order valence-electron chi connectivity index (χ1n) is 7.75. The Labute approximate surface area is 121 Å². The van der Waals surface area contributed by atoms with Gasteiger partial charge in [0.25, 0.3) is 0 Å². The fraction of sp³-hybridized carbons (Fsp3) is 0.733. The molecule has 0 aliphatic carbocycles. The molecule has 20 heavy (non-hydrogen) atoms. The van der Waals surface area contributed by atoms with E-state index in [1.54, 1.807) is 0 Å². The molecule has 1 saturated heterocycles. The van der Waals surface area contributed by atoms with Gasteiger partial charge in [-0.05, 0) is 38.6 Å². The topological polar surface area (TPSA) is 59.0 Å². The Hall–Kier alpha value is -1.36. The maximum atomic E-state index is 11.9. The molecular weight excluding hydrogens is 252 g/mol. The summed E-state index contributed by atoms with van der Waals surface area (Å²) in [5, 5.41) is 6.22. The molecule has 0 saturated carbocycles. The third-order valence-corrected chi connectivity index (χ3v) is 3.92. The summed E-state index contributed by atoms with van der Waals surface area (Å²) in [7, 11) is 0. The Morgan fingerprint density at radius 3 is 3.15 bits per heavy atom. The predicted molar refractivity (Wildman–Crippen MR) is 79.4 cm³/mol. The van der Waals surface area contributed by atoms with E-state index in [2.05, 4.69) is 33.3 Å². The number of imidazole rings is 1. The number of hydrogen-bond donors (Lipinski definition) is 2. The van der Waals surface area contributed by atoms with E-state index in [9.17, 15) is 4.79 Å². The lowest BCUT2D eigenvalue weighted by molar-refractivity contribution is -0.123. The van der Waals surface area contributed by atoms with Crippen molar-refractivity contribution in [3.8, 4) is 0 Å². The molecule has 2 heterocycles. The highest BCUT2D eigenvalue weighted by Gasteiger charge is 2.27. The fourth-order valence-corrected chi connectivity index (χ4v) is 2.91. The van der Waals surface area contributed by atoms with Crippen LogP contribution in [0.3, 0.4) is 0 Å². The first-order valence-corrected chi connectivity index (χ1v) is 7.75. The Kier molecular flexibility index (Phi) is 5.59. The summed E-state index contributed by atoms with van der Waals surface area (Å²) in [6.07, 6.45) is 8.07. The van der Waals surface area contributed by atoms with Crippen LogP contribution in [-0.2, 0) is 17.8 Å². The average Bonchev–Trinajstić information content (AvgIpc) is 2.87. The lowest BCUT2D eigenvalue weighted by atomic mass is 9.89. The van der Waals surface area contributed by atoms with Crippen LogP contribution in [0.15, 0.2) is 12.4 Å². The van der Waals surface area contributed by atoms with Gasteiger partial charge in [-0.15, -0.1) is 0 Å². The van der Waals surface area contributed by atoms with Crippen LogP contribution < -0.4 is 10.6 Å². The SMILES string of the molecule is CCCn1ccnc1CC1CCNC(C(=O)NCC)C1. The van der Waals surface area contributed by atoms with Crippen LogP contribution >= 0.6 is 0 Å². The van der Waals surface area contributed by atoms with Gasteiger partial charge in [0.15, 0.2) is 0 Å². The highest BCUT2D eigenvalue weighted by atomic mass is 16.2. The zero-order valence-corrected chi connectivity index (χ0v) is 12.6. The van der Waals surface area contributed by atoms with E-state index >= 15 is 0 Å². The van der Waals surface area contributed by atoms with E-state index in [1.807, 2.05) is 13.1 Å². The molecule has 112 valence electrons. The maximum Gasteiger partial charge on any atom is 0.237 e. The van der Waals surface area contributed by atoms with Crippen molar-refractivity contribution >= 4 is 5.91 Å². The molecule has 2 N–H and O–H groups in total. The van der Waals surface area contributed by atoms with Gasteiger partial charge in [-0.1, -0.05) is 6.92 Å². The number of carbonyl (C=O) groups is 1. The van der Waals surface area contributed by atoms with Crippen LogP contribution in [0.2, 0.25) is 0 Å². The number of carbonyl (C=O) groups excluding carboxylic acids is 1. The highest BCUT2D eigenvalue weighted by Crippen LogP contribution is 2.21. The Balaban J connectivity index is 1.92. The fourth-order valence-electron chi connectivity index (χ4n) is 2.91. The molecule has 0 aromatic carbocycles. The number of piperidine rings is 1. The number of aromatic nitrogens is 2. The second kappa shape index (κ2) is 7.43. The summed E-state index contributed by atoms with van der Waals surface area (Å²) in [6.45, 7) is 6.78. The molecule has 5 heteroatoms. The second-order valence-corrected chi connectivity index (χ2v) is 5.53. The predicted octanol–water partition coefficient (Wildman–Crippen LogP) is 1.34. The Morgan fingerprint density at radius 1 is 1.55 bits per heavy atom. The molecule has 0 spiro atoms. The summed E-state index contributed by atoms with van der Waals surface area (Å²) >= 11 is 0. The van der Waals surface area contributed by atoms with Crippen molar-refractivity contribution in [1.82, 2.24) is 20.2 Å². The summed E-state index contributed by atoms with van der Waals surface area (Å²) in [4.78, 5) is 16.4. The van der Waals surface area contributed by atoms with Crippen molar-refractivity contribution in [2.24, 2.45) is 5.92 Å². The summed E-state index contributed by atoms with van der Waals surface area (Å²) < 4.78 is 2.24. The summed E-state index contributed by atoms with van der Waals surface area (Å²) in [5.41, 5.74) is 0. The van der Waals surface area contributed by atoms with Gasteiger partial charge in [-0.3, -0.25) is 4.79 Å². The molecule has 1 fully saturated rings. The molecule has 1 aliphatic rings. The van der Waals surface area contributed by atoms with Crippen LogP contribution in [0.25, 0.3) is 0 Å². The van der Waals surface area contributed by atoms with Crippen molar-refractivity contribution in [2.45, 2.75) is 52.1 Å². The van der Waals surface area contributed by atoms with Gasteiger partial charge in [0.05, 0.1) is 6.04 Å². The zero-order chi connectivity index (χ0) is 14.4. The summed E-state index contributed by atoms with van der Waals surface area (Å²) in [6, 6.07) is -0.0386. The standard InChI is InChI=1S/C15H26N4O/c1-3-8-19-9-7-18-14(19)11-12-5-6-17-13(10-12)15(20)16-4-2/h7,9,12-13,17H,3-6,8,10-11H2,1-2H3,(H,16,20). The molecule has 1 aromatic rings. The quantitative estimate of drug-likeness (QED) is 0.825. The molecule has 2 rings (SSSR count).